The Balaban J connectivity index is 2.05. The predicted octanol–water partition coefficient (Wildman–Crippen LogP) is 3.62. The summed E-state index contributed by atoms with van der Waals surface area (Å²) in [4.78, 5) is 2.45. The van der Waals surface area contributed by atoms with Gasteiger partial charge in [0.2, 0.25) is 0 Å². The van der Waals surface area contributed by atoms with Crippen molar-refractivity contribution in [1.82, 2.24) is 4.90 Å². The van der Waals surface area contributed by atoms with E-state index in [2.05, 4.69) is 56.2 Å². The second kappa shape index (κ2) is 6.98. The molecule has 1 aliphatic rings. The maximum Gasteiger partial charge on any atom is 0.142 e. The lowest BCUT2D eigenvalue weighted by Gasteiger charge is -2.40. The fourth-order valence-corrected chi connectivity index (χ4v) is 2.87. The summed E-state index contributed by atoms with van der Waals surface area (Å²) < 4.78 is 5.84. The van der Waals surface area contributed by atoms with Crippen molar-refractivity contribution in [2.75, 3.05) is 25.5 Å². The molecule has 3 unspecified atom stereocenters. The number of para-hydroxylation sites is 2. The minimum Gasteiger partial charge on any atom is -0.491 e. The Kier molecular flexibility index (Phi) is 5.30. The van der Waals surface area contributed by atoms with Gasteiger partial charge in [0.15, 0.2) is 0 Å². The Morgan fingerprint density at radius 1 is 1.30 bits per heavy atom. The molecule has 1 fully saturated rings. The van der Waals surface area contributed by atoms with Crippen LogP contribution in [-0.4, -0.2) is 37.2 Å². The van der Waals surface area contributed by atoms with Crippen LogP contribution < -0.4 is 10.1 Å². The topological polar surface area (TPSA) is 24.5 Å². The first-order valence-corrected chi connectivity index (χ1v) is 7.80. The number of rotatable bonds is 5. The molecule has 1 aromatic carbocycles. The summed E-state index contributed by atoms with van der Waals surface area (Å²) >= 11 is 0. The van der Waals surface area contributed by atoms with Crippen LogP contribution in [-0.2, 0) is 0 Å². The first kappa shape index (κ1) is 15.2. The van der Waals surface area contributed by atoms with Crippen molar-refractivity contribution in [3.8, 4) is 5.75 Å². The van der Waals surface area contributed by atoms with Gasteiger partial charge >= 0.3 is 0 Å². The van der Waals surface area contributed by atoms with E-state index < -0.39 is 0 Å². The van der Waals surface area contributed by atoms with Crippen LogP contribution in [0.4, 0.5) is 5.69 Å². The largest absolute Gasteiger partial charge is 0.491 e. The Morgan fingerprint density at radius 2 is 2.05 bits per heavy atom. The summed E-state index contributed by atoms with van der Waals surface area (Å²) in [5.74, 6) is 1.63. The lowest BCUT2D eigenvalue weighted by Crippen LogP contribution is -2.48. The molecule has 0 amide bonds. The molecule has 3 atom stereocenters. The van der Waals surface area contributed by atoms with Gasteiger partial charge in [-0.3, -0.25) is 0 Å². The number of nitrogens with one attached hydrogen (secondary N) is 1. The van der Waals surface area contributed by atoms with E-state index in [4.69, 9.17) is 4.74 Å². The van der Waals surface area contributed by atoms with Crippen LogP contribution in [0, 0.1) is 5.92 Å². The molecule has 0 spiro atoms. The Morgan fingerprint density at radius 3 is 2.80 bits per heavy atom. The smallest absolute Gasteiger partial charge is 0.142 e. The lowest BCUT2D eigenvalue weighted by atomic mass is 9.89. The quantitative estimate of drug-likeness (QED) is 0.889. The highest BCUT2D eigenvalue weighted by molar-refractivity contribution is 5.56. The molecular formula is C17H28N2O. The molecule has 0 aliphatic carbocycles. The van der Waals surface area contributed by atoms with Gasteiger partial charge in [-0.25, -0.2) is 0 Å². The average Bonchev–Trinajstić information content (AvgIpc) is 2.44. The maximum absolute atomic E-state index is 5.84. The van der Waals surface area contributed by atoms with E-state index >= 15 is 0 Å². The normalized spacial score (nSPS) is 27.3. The van der Waals surface area contributed by atoms with Crippen molar-refractivity contribution in [3.63, 3.8) is 0 Å². The van der Waals surface area contributed by atoms with E-state index in [1.54, 1.807) is 0 Å². The first-order valence-electron chi connectivity index (χ1n) is 7.80. The highest BCUT2D eigenvalue weighted by Crippen LogP contribution is 2.29. The van der Waals surface area contributed by atoms with E-state index in [-0.39, 0.29) is 0 Å². The molecule has 0 bridgehead atoms. The molecule has 20 heavy (non-hydrogen) atoms. The third-order valence-electron chi connectivity index (χ3n) is 4.30. The van der Waals surface area contributed by atoms with Gasteiger partial charge in [0, 0.05) is 18.6 Å². The van der Waals surface area contributed by atoms with E-state index in [0.29, 0.717) is 18.0 Å². The van der Waals surface area contributed by atoms with Crippen molar-refractivity contribution in [2.24, 2.45) is 5.92 Å². The van der Waals surface area contributed by atoms with Crippen molar-refractivity contribution < 1.29 is 4.74 Å². The molecule has 112 valence electrons. The molecule has 0 aromatic heterocycles. The molecule has 0 saturated carbocycles. The monoisotopic (exact) mass is 276 g/mol. The van der Waals surface area contributed by atoms with Gasteiger partial charge in [0.1, 0.15) is 5.75 Å². The van der Waals surface area contributed by atoms with Gasteiger partial charge in [-0.05, 0) is 44.9 Å². The van der Waals surface area contributed by atoms with E-state index in [1.165, 1.54) is 6.42 Å². The standard InChI is InChI=1S/C17H28N2O/c1-5-10-20-17-9-7-6-8-15(17)18-16-11-14(3)19(4)12-13(16)2/h6-9,13-14,16,18H,5,10-12H2,1-4H3. The van der Waals surface area contributed by atoms with Gasteiger partial charge in [-0.1, -0.05) is 26.0 Å². The Labute approximate surface area is 123 Å². The summed E-state index contributed by atoms with van der Waals surface area (Å²) in [6.07, 6.45) is 2.22. The Bertz CT molecular complexity index is 421. The molecule has 0 radical (unpaired) electrons. The molecular weight excluding hydrogens is 248 g/mol. The van der Waals surface area contributed by atoms with E-state index in [0.717, 1.165) is 31.0 Å². The van der Waals surface area contributed by atoms with Gasteiger partial charge in [0.05, 0.1) is 12.3 Å². The third kappa shape index (κ3) is 3.66. The maximum atomic E-state index is 5.84. The number of anilines is 1. The number of piperidine rings is 1. The Hall–Kier alpha value is -1.22. The summed E-state index contributed by atoms with van der Waals surface area (Å²) in [6, 6.07) is 9.45. The van der Waals surface area contributed by atoms with Crippen LogP contribution in [0.2, 0.25) is 0 Å². The summed E-state index contributed by atoms with van der Waals surface area (Å²) in [5.41, 5.74) is 1.13. The lowest BCUT2D eigenvalue weighted by molar-refractivity contribution is 0.145. The van der Waals surface area contributed by atoms with Crippen LogP contribution in [0.5, 0.6) is 5.75 Å². The molecule has 2 rings (SSSR count). The minimum absolute atomic E-state index is 0.521. The molecule has 1 heterocycles. The predicted molar refractivity (Wildman–Crippen MR) is 85.5 cm³/mol. The number of hydrogen-bond donors (Lipinski definition) is 1. The summed E-state index contributed by atoms with van der Waals surface area (Å²) in [7, 11) is 2.22. The van der Waals surface area contributed by atoms with Crippen LogP contribution in [0.1, 0.15) is 33.6 Å². The fraction of sp³-hybridized carbons (Fsp3) is 0.647. The average molecular weight is 276 g/mol. The molecule has 1 aliphatic heterocycles. The minimum atomic E-state index is 0.521. The highest BCUT2D eigenvalue weighted by Gasteiger charge is 2.29. The molecule has 3 nitrogen and oxygen atoms in total. The highest BCUT2D eigenvalue weighted by atomic mass is 16.5. The van der Waals surface area contributed by atoms with Gasteiger partial charge < -0.3 is 15.0 Å². The zero-order valence-corrected chi connectivity index (χ0v) is 13.2. The fourth-order valence-electron chi connectivity index (χ4n) is 2.87. The zero-order valence-electron chi connectivity index (χ0n) is 13.2. The van der Waals surface area contributed by atoms with Gasteiger partial charge in [0.25, 0.3) is 0 Å². The van der Waals surface area contributed by atoms with Crippen LogP contribution in [0.15, 0.2) is 24.3 Å². The SMILES string of the molecule is CCCOc1ccccc1NC1CC(C)N(C)CC1C. The van der Waals surface area contributed by atoms with Gasteiger partial charge in [-0.15, -0.1) is 0 Å². The number of nitrogens with zero attached hydrogens (tertiary/aromatic N) is 1. The molecule has 1 N–H and O–H groups in total. The number of hydrogen-bond acceptors (Lipinski definition) is 3. The van der Waals surface area contributed by atoms with E-state index in [9.17, 15) is 0 Å². The van der Waals surface area contributed by atoms with Crippen LogP contribution in [0.25, 0.3) is 0 Å². The number of likely N-dealkylation sites (tertiary alicyclic amines) is 1. The summed E-state index contributed by atoms with van der Waals surface area (Å²) in [6.45, 7) is 8.70. The van der Waals surface area contributed by atoms with Crippen molar-refractivity contribution in [3.05, 3.63) is 24.3 Å². The molecule has 1 aromatic rings. The molecule has 1 saturated heterocycles. The third-order valence-corrected chi connectivity index (χ3v) is 4.30. The first-order chi connectivity index (χ1) is 9.61. The second-order valence-electron chi connectivity index (χ2n) is 6.10. The number of benzene rings is 1. The second-order valence-corrected chi connectivity index (χ2v) is 6.10. The van der Waals surface area contributed by atoms with Crippen molar-refractivity contribution in [2.45, 2.75) is 45.7 Å². The van der Waals surface area contributed by atoms with E-state index in [1.807, 2.05) is 6.07 Å². The zero-order chi connectivity index (χ0) is 14.5. The number of ether oxygens (including phenoxy) is 1. The van der Waals surface area contributed by atoms with Gasteiger partial charge in [-0.2, -0.15) is 0 Å². The van der Waals surface area contributed by atoms with Crippen LogP contribution in [0.3, 0.4) is 0 Å². The van der Waals surface area contributed by atoms with Crippen molar-refractivity contribution in [1.29, 1.82) is 0 Å². The summed E-state index contributed by atoms with van der Waals surface area (Å²) in [5, 5.41) is 3.71. The molecule has 3 heteroatoms. The van der Waals surface area contributed by atoms with Crippen LogP contribution >= 0.6 is 0 Å². The van der Waals surface area contributed by atoms with Crippen molar-refractivity contribution >= 4 is 5.69 Å².